The number of aryl methyl sites for hydroxylation is 1. The summed E-state index contributed by atoms with van der Waals surface area (Å²) in [5.74, 6) is -1.41. The third-order valence-corrected chi connectivity index (χ3v) is 3.53. The Morgan fingerprint density at radius 3 is 2.86 bits per heavy atom. The topological polar surface area (TPSA) is 75.6 Å². The van der Waals surface area contributed by atoms with Crippen LogP contribution in [0.3, 0.4) is 0 Å². The van der Waals surface area contributed by atoms with Gasteiger partial charge in [-0.2, -0.15) is 0 Å². The van der Waals surface area contributed by atoms with Gasteiger partial charge in [-0.15, -0.1) is 11.3 Å². The summed E-state index contributed by atoms with van der Waals surface area (Å²) < 4.78 is 28.2. The van der Waals surface area contributed by atoms with Crippen molar-refractivity contribution in [3.63, 3.8) is 0 Å². The van der Waals surface area contributed by atoms with E-state index >= 15 is 0 Å². The van der Waals surface area contributed by atoms with Crippen molar-refractivity contribution in [3.05, 3.63) is 27.5 Å². The Morgan fingerprint density at radius 2 is 2.24 bits per heavy atom. The molecule has 0 aromatic carbocycles. The molecule has 1 rings (SSSR count). The number of thiophene rings is 1. The minimum atomic E-state index is -2.52. The van der Waals surface area contributed by atoms with E-state index in [0.29, 0.717) is 9.75 Å². The zero-order valence-electron chi connectivity index (χ0n) is 11.3. The predicted octanol–water partition coefficient (Wildman–Crippen LogP) is 2.17. The Hall–Kier alpha value is -1.80. The first kappa shape index (κ1) is 17.3. The molecule has 0 saturated heterocycles. The van der Waals surface area contributed by atoms with E-state index in [1.807, 2.05) is 0 Å². The van der Waals surface area contributed by atoms with Crippen molar-refractivity contribution < 1.29 is 28.2 Å². The number of carbonyl (C=O) groups excluding carboxylic acids is 1. The van der Waals surface area contributed by atoms with Crippen LogP contribution in [0, 0.1) is 6.92 Å². The van der Waals surface area contributed by atoms with Crippen LogP contribution in [-0.2, 0) is 9.53 Å². The van der Waals surface area contributed by atoms with E-state index in [4.69, 9.17) is 5.11 Å². The lowest BCUT2D eigenvalue weighted by Crippen LogP contribution is -2.27. The van der Waals surface area contributed by atoms with Crippen molar-refractivity contribution in [3.8, 4) is 0 Å². The van der Waals surface area contributed by atoms with E-state index < -0.39 is 19.0 Å². The van der Waals surface area contributed by atoms with Crippen LogP contribution < -0.4 is 5.32 Å². The van der Waals surface area contributed by atoms with Gasteiger partial charge >= 0.3 is 5.97 Å². The molecule has 0 aliphatic carbocycles. The number of alkyl halides is 2. The van der Waals surface area contributed by atoms with Gasteiger partial charge in [-0.25, -0.2) is 13.6 Å². The summed E-state index contributed by atoms with van der Waals surface area (Å²) in [4.78, 5) is 23.3. The highest BCUT2D eigenvalue weighted by Gasteiger charge is 2.11. The highest BCUT2D eigenvalue weighted by molar-refractivity contribution is 7.15. The second kappa shape index (κ2) is 8.48. The number of aliphatic carboxylic acids is 1. The van der Waals surface area contributed by atoms with E-state index in [9.17, 15) is 18.4 Å². The maximum atomic E-state index is 11.8. The Balaban J connectivity index is 2.48. The van der Waals surface area contributed by atoms with E-state index in [0.717, 1.165) is 23.0 Å². The lowest BCUT2D eigenvalue weighted by molar-refractivity contribution is -0.131. The molecular formula is C13H15F2NO4S. The van der Waals surface area contributed by atoms with E-state index in [-0.39, 0.29) is 19.1 Å². The largest absolute Gasteiger partial charge is 0.478 e. The third kappa shape index (κ3) is 6.46. The van der Waals surface area contributed by atoms with Crippen molar-refractivity contribution in [2.45, 2.75) is 13.3 Å². The average Bonchev–Trinajstić information content (AvgIpc) is 2.77. The van der Waals surface area contributed by atoms with Crippen LogP contribution in [0.2, 0.25) is 0 Å². The number of halogens is 2. The fourth-order valence-electron chi connectivity index (χ4n) is 1.42. The number of carboxylic acid groups (broad SMARTS) is 1. The number of carbonyl (C=O) groups is 2. The molecule has 0 atom stereocenters. The molecule has 21 heavy (non-hydrogen) atoms. The van der Waals surface area contributed by atoms with E-state index in [2.05, 4.69) is 10.1 Å². The smallest absolute Gasteiger partial charge is 0.328 e. The quantitative estimate of drug-likeness (QED) is 0.569. The van der Waals surface area contributed by atoms with Crippen LogP contribution in [-0.4, -0.2) is 43.2 Å². The molecule has 0 saturated carbocycles. The second-order valence-electron chi connectivity index (χ2n) is 4.05. The van der Waals surface area contributed by atoms with Gasteiger partial charge in [0.05, 0.1) is 11.5 Å². The SMILES string of the molecule is Cc1cc(C(=O)NCCOCC(F)F)sc1/C=C/C(=O)O. The first-order chi connectivity index (χ1) is 9.90. The molecule has 5 nitrogen and oxygen atoms in total. The summed E-state index contributed by atoms with van der Waals surface area (Å²) in [5, 5.41) is 11.1. The molecule has 0 aliphatic rings. The van der Waals surface area contributed by atoms with Crippen LogP contribution in [0.15, 0.2) is 12.1 Å². The fourth-order valence-corrected chi connectivity index (χ4v) is 2.41. The molecule has 0 bridgehead atoms. The molecule has 0 radical (unpaired) electrons. The zero-order chi connectivity index (χ0) is 15.8. The van der Waals surface area contributed by atoms with Crippen LogP contribution in [0.5, 0.6) is 0 Å². The first-order valence-corrected chi connectivity index (χ1v) is 6.87. The molecule has 0 aliphatic heterocycles. The third-order valence-electron chi connectivity index (χ3n) is 2.33. The van der Waals surface area contributed by atoms with Crippen molar-refractivity contribution in [2.24, 2.45) is 0 Å². The number of hydrogen-bond acceptors (Lipinski definition) is 4. The highest BCUT2D eigenvalue weighted by atomic mass is 32.1. The molecule has 1 aromatic heterocycles. The number of carboxylic acids is 1. The Kier molecular flexibility index (Phi) is 6.97. The monoisotopic (exact) mass is 319 g/mol. The number of ether oxygens (including phenoxy) is 1. The lowest BCUT2D eigenvalue weighted by Gasteiger charge is -2.04. The van der Waals surface area contributed by atoms with Gasteiger partial charge in [-0.05, 0) is 24.6 Å². The number of nitrogens with one attached hydrogen (secondary N) is 1. The minimum Gasteiger partial charge on any atom is -0.478 e. The highest BCUT2D eigenvalue weighted by Crippen LogP contribution is 2.23. The van der Waals surface area contributed by atoms with Crippen molar-refractivity contribution >= 4 is 29.3 Å². The van der Waals surface area contributed by atoms with Gasteiger partial charge in [0, 0.05) is 17.5 Å². The summed E-state index contributed by atoms with van der Waals surface area (Å²) in [6.45, 7) is 1.24. The van der Waals surface area contributed by atoms with Crippen LogP contribution in [0.25, 0.3) is 6.08 Å². The Labute approximate surface area is 124 Å². The normalized spacial score (nSPS) is 11.2. The number of amides is 1. The first-order valence-electron chi connectivity index (χ1n) is 6.05. The Morgan fingerprint density at radius 1 is 1.52 bits per heavy atom. The molecule has 116 valence electrons. The van der Waals surface area contributed by atoms with E-state index in [1.165, 1.54) is 6.08 Å². The van der Waals surface area contributed by atoms with Gasteiger partial charge < -0.3 is 15.2 Å². The predicted molar refractivity (Wildman–Crippen MR) is 74.9 cm³/mol. The maximum Gasteiger partial charge on any atom is 0.328 e. The molecule has 1 amide bonds. The second-order valence-corrected chi connectivity index (χ2v) is 5.14. The molecular weight excluding hydrogens is 304 g/mol. The lowest BCUT2D eigenvalue weighted by atomic mass is 10.2. The van der Waals surface area contributed by atoms with Gasteiger partial charge in [-0.3, -0.25) is 4.79 Å². The number of rotatable bonds is 8. The fraction of sp³-hybridized carbons (Fsp3) is 0.385. The van der Waals surface area contributed by atoms with Crippen LogP contribution in [0.4, 0.5) is 8.78 Å². The van der Waals surface area contributed by atoms with Gasteiger partial charge in [0.1, 0.15) is 6.61 Å². The molecule has 2 N–H and O–H groups in total. The van der Waals surface area contributed by atoms with Crippen molar-refractivity contribution in [1.29, 1.82) is 0 Å². The maximum absolute atomic E-state index is 11.8. The molecule has 0 fully saturated rings. The molecule has 1 heterocycles. The van der Waals surface area contributed by atoms with Gasteiger partial charge in [0.15, 0.2) is 0 Å². The standard InChI is InChI=1S/C13H15F2NO4S/c1-8-6-10(21-9(8)2-3-12(17)18)13(19)16-4-5-20-7-11(14)15/h2-3,6,11H,4-5,7H2,1H3,(H,16,19)(H,17,18)/b3-2+. The average molecular weight is 319 g/mol. The van der Waals surface area contributed by atoms with Crippen LogP contribution >= 0.6 is 11.3 Å². The van der Waals surface area contributed by atoms with Gasteiger partial charge in [-0.1, -0.05) is 0 Å². The summed E-state index contributed by atoms with van der Waals surface area (Å²) in [5.41, 5.74) is 0.789. The van der Waals surface area contributed by atoms with E-state index in [1.54, 1.807) is 13.0 Å². The Bertz CT molecular complexity index is 528. The summed E-state index contributed by atoms with van der Waals surface area (Å²) in [6.07, 6.45) is -0.104. The molecule has 8 heteroatoms. The summed E-state index contributed by atoms with van der Waals surface area (Å²) >= 11 is 1.16. The van der Waals surface area contributed by atoms with Crippen molar-refractivity contribution in [1.82, 2.24) is 5.32 Å². The molecule has 0 spiro atoms. The molecule has 0 unspecified atom stereocenters. The van der Waals surface area contributed by atoms with Crippen molar-refractivity contribution in [2.75, 3.05) is 19.8 Å². The van der Waals surface area contributed by atoms with Gasteiger partial charge in [0.2, 0.25) is 0 Å². The number of hydrogen-bond donors (Lipinski definition) is 2. The summed E-state index contributed by atoms with van der Waals surface area (Å²) in [6, 6.07) is 1.64. The minimum absolute atomic E-state index is 0.00616. The summed E-state index contributed by atoms with van der Waals surface area (Å²) in [7, 11) is 0. The molecule has 1 aromatic rings. The zero-order valence-corrected chi connectivity index (χ0v) is 12.1. The van der Waals surface area contributed by atoms with Crippen LogP contribution in [0.1, 0.15) is 20.1 Å². The van der Waals surface area contributed by atoms with Gasteiger partial charge in [0.25, 0.3) is 12.3 Å².